The molecule has 0 aliphatic carbocycles. The summed E-state index contributed by atoms with van der Waals surface area (Å²) in [6.07, 6.45) is 0. The number of hydrogen-bond acceptors (Lipinski definition) is 1. The molecule has 0 saturated heterocycles. The number of nitrogens with two attached hydrogens (primary N) is 3. The Hall–Kier alpha value is -2.53. The molecule has 2 rings (SSSR count). The summed E-state index contributed by atoms with van der Waals surface area (Å²) in [7, 11) is 0. The highest BCUT2D eigenvalue weighted by molar-refractivity contribution is 6.30. The molecule has 0 aromatic heterocycles. The second-order valence-corrected chi connectivity index (χ2v) is 4.50. The van der Waals surface area contributed by atoms with Gasteiger partial charge in [-0.1, -0.05) is 35.9 Å². The van der Waals surface area contributed by atoms with E-state index in [1.165, 1.54) is 0 Å². The van der Waals surface area contributed by atoms with Gasteiger partial charge in [0.05, 0.1) is 5.69 Å². The molecule has 6 heteroatoms. The zero-order chi connectivity index (χ0) is 14.5. The number of rotatable bonds is 2. The minimum Gasteiger partial charge on any atom is -0.370 e. The van der Waals surface area contributed by atoms with Gasteiger partial charge in [0.2, 0.25) is 5.96 Å². The summed E-state index contributed by atoms with van der Waals surface area (Å²) in [5.74, 6) is -0.113. The van der Waals surface area contributed by atoms with E-state index in [9.17, 15) is 0 Å². The molecule has 102 valence electrons. The second-order valence-electron chi connectivity index (χ2n) is 4.06. The lowest BCUT2D eigenvalue weighted by Crippen LogP contribution is -2.26. The summed E-state index contributed by atoms with van der Waals surface area (Å²) in [4.78, 5) is 7.79. The van der Waals surface area contributed by atoms with E-state index in [0.717, 1.165) is 11.1 Å². The normalized spacial score (nSPS) is 11.2. The molecule has 0 fully saturated rings. The first-order valence-corrected chi connectivity index (χ1v) is 6.22. The Morgan fingerprint density at radius 2 is 1.60 bits per heavy atom. The number of halogens is 1. The number of nitrogens with zero attached hydrogens (tertiary/aromatic N) is 2. The Bertz CT molecular complexity index is 658. The van der Waals surface area contributed by atoms with Crippen LogP contribution in [0, 0.1) is 0 Å². The van der Waals surface area contributed by atoms with Gasteiger partial charge >= 0.3 is 0 Å². The number of aliphatic imine (C=N–C) groups is 2. The largest absolute Gasteiger partial charge is 0.370 e. The van der Waals surface area contributed by atoms with Gasteiger partial charge in [-0.3, -0.25) is 0 Å². The Kier molecular flexibility index (Phi) is 4.22. The van der Waals surface area contributed by atoms with E-state index >= 15 is 0 Å². The fourth-order valence-electron chi connectivity index (χ4n) is 1.69. The third kappa shape index (κ3) is 3.73. The summed E-state index contributed by atoms with van der Waals surface area (Å²) in [6, 6.07) is 15.1. The Morgan fingerprint density at radius 1 is 0.900 bits per heavy atom. The van der Waals surface area contributed by atoms with E-state index in [0.29, 0.717) is 10.7 Å². The van der Waals surface area contributed by atoms with Crippen molar-refractivity contribution in [3.8, 4) is 11.1 Å². The molecule has 0 spiro atoms. The van der Waals surface area contributed by atoms with Crippen LogP contribution in [0.15, 0.2) is 58.5 Å². The molecule has 6 N–H and O–H groups in total. The highest BCUT2D eigenvalue weighted by Crippen LogP contribution is 2.25. The third-order valence-electron chi connectivity index (χ3n) is 2.51. The first-order chi connectivity index (χ1) is 9.54. The van der Waals surface area contributed by atoms with E-state index < -0.39 is 0 Å². The quantitative estimate of drug-likeness (QED) is 0.583. The zero-order valence-electron chi connectivity index (χ0n) is 10.6. The maximum absolute atomic E-state index is 5.87. The molecule has 0 aliphatic rings. The summed E-state index contributed by atoms with van der Waals surface area (Å²) in [5.41, 5.74) is 18.8. The van der Waals surface area contributed by atoms with Crippen LogP contribution in [0.1, 0.15) is 0 Å². The molecule has 2 aromatic rings. The molecule has 5 nitrogen and oxygen atoms in total. The second kappa shape index (κ2) is 6.08. The van der Waals surface area contributed by atoms with Gasteiger partial charge in [-0.05, 0) is 35.4 Å². The minimum atomic E-state index is -0.125. The standard InChI is InChI=1S/C14H14ClN5/c15-11-6-4-9(5-7-11)10-2-1-3-12(8-10)19-14(18)20-13(16)17/h1-8H,(H6,16,17,18,19,20). The SMILES string of the molecule is NC(N)=NC(N)=Nc1cccc(-c2ccc(Cl)cc2)c1. The Balaban J connectivity index is 2.33. The molecule has 20 heavy (non-hydrogen) atoms. The lowest BCUT2D eigenvalue weighted by Gasteiger charge is -2.03. The van der Waals surface area contributed by atoms with Gasteiger partial charge in [0.1, 0.15) is 0 Å². The molecule has 0 saturated carbocycles. The van der Waals surface area contributed by atoms with Crippen molar-refractivity contribution < 1.29 is 0 Å². The van der Waals surface area contributed by atoms with Crippen LogP contribution in [0.4, 0.5) is 5.69 Å². The molecule has 0 unspecified atom stereocenters. The number of guanidine groups is 2. The van der Waals surface area contributed by atoms with Crippen molar-refractivity contribution in [2.24, 2.45) is 27.2 Å². The van der Waals surface area contributed by atoms with Gasteiger partial charge in [0.15, 0.2) is 5.96 Å². The van der Waals surface area contributed by atoms with Crippen molar-refractivity contribution in [2.75, 3.05) is 0 Å². The predicted octanol–water partition coefficient (Wildman–Crippen LogP) is 2.23. The van der Waals surface area contributed by atoms with Crippen LogP contribution in [0.25, 0.3) is 11.1 Å². The van der Waals surface area contributed by atoms with Crippen LogP contribution in [0.2, 0.25) is 5.02 Å². The minimum absolute atomic E-state index is 0.0123. The van der Waals surface area contributed by atoms with E-state index in [2.05, 4.69) is 9.98 Å². The number of hydrogen-bond donors (Lipinski definition) is 3. The third-order valence-corrected chi connectivity index (χ3v) is 2.76. The summed E-state index contributed by atoms with van der Waals surface area (Å²) in [5, 5.41) is 0.694. The van der Waals surface area contributed by atoms with Gasteiger partial charge < -0.3 is 17.2 Å². The van der Waals surface area contributed by atoms with Gasteiger partial charge in [-0.2, -0.15) is 4.99 Å². The van der Waals surface area contributed by atoms with E-state index in [4.69, 9.17) is 28.8 Å². The first-order valence-electron chi connectivity index (χ1n) is 5.84. The van der Waals surface area contributed by atoms with E-state index in [-0.39, 0.29) is 11.9 Å². The maximum Gasteiger partial charge on any atom is 0.223 e. The molecule has 0 heterocycles. The molecular weight excluding hydrogens is 274 g/mol. The van der Waals surface area contributed by atoms with Crippen molar-refractivity contribution >= 4 is 29.2 Å². The van der Waals surface area contributed by atoms with Crippen LogP contribution in [-0.4, -0.2) is 11.9 Å². The molecule has 0 amide bonds. The van der Waals surface area contributed by atoms with E-state index in [1.807, 2.05) is 48.5 Å². The summed E-state index contributed by atoms with van der Waals surface area (Å²) < 4.78 is 0. The van der Waals surface area contributed by atoms with Crippen molar-refractivity contribution in [1.29, 1.82) is 0 Å². The van der Waals surface area contributed by atoms with Crippen LogP contribution in [-0.2, 0) is 0 Å². The molecule has 2 aromatic carbocycles. The maximum atomic E-state index is 5.87. The van der Waals surface area contributed by atoms with Gasteiger partial charge in [0, 0.05) is 5.02 Å². The first kappa shape index (κ1) is 13.9. The van der Waals surface area contributed by atoms with Gasteiger partial charge in [-0.25, -0.2) is 4.99 Å². The molecule has 0 radical (unpaired) electrons. The highest BCUT2D eigenvalue weighted by Gasteiger charge is 2.00. The topological polar surface area (TPSA) is 103 Å². The fourth-order valence-corrected chi connectivity index (χ4v) is 1.81. The van der Waals surface area contributed by atoms with E-state index in [1.54, 1.807) is 0 Å². The summed E-state index contributed by atoms with van der Waals surface area (Å²) in [6.45, 7) is 0. The molecule has 0 aliphatic heterocycles. The fraction of sp³-hybridized carbons (Fsp3) is 0. The molecular formula is C14H14ClN5. The lowest BCUT2D eigenvalue weighted by atomic mass is 10.1. The van der Waals surface area contributed by atoms with Crippen LogP contribution < -0.4 is 17.2 Å². The van der Waals surface area contributed by atoms with Crippen molar-refractivity contribution in [1.82, 2.24) is 0 Å². The summed E-state index contributed by atoms with van der Waals surface area (Å²) >= 11 is 5.87. The van der Waals surface area contributed by atoms with Crippen molar-refractivity contribution in [3.63, 3.8) is 0 Å². The Morgan fingerprint density at radius 3 is 2.25 bits per heavy atom. The highest BCUT2D eigenvalue weighted by atomic mass is 35.5. The monoisotopic (exact) mass is 287 g/mol. The van der Waals surface area contributed by atoms with Crippen molar-refractivity contribution in [3.05, 3.63) is 53.6 Å². The predicted molar refractivity (Wildman–Crippen MR) is 84.0 cm³/mol. The van der Waals surface area contributed by atoms with Crippen LogP contribution in [0.5, 0.6) is 0 Å². The van der Waals surface area contributed by atoms with Crippen LogP contribution in [0.3, 0.4) is 0 Å². The van der Waals surface area contributed by atoms with Gasteiger partial charge in [0.25, 0.3) is 0 Å². The van der Waals surface area contributed by atoms with Gasteiger partial charge in [-0.15, -0.1) is 0 Å². The smallest absolute Gasteiger partial charge is 0.223 e. The lowest BCUT2D eigenvalue weighted by molar-refractivity contribution is 1.38. The molecule has 0 atom stereocenters. The average molecular weight is 288 g/mol. The number of benzene rings is 2. The molecule has 0 bridgehead atoms. The van der Waals surface area contributed by atoms with Crippen LogP contribution >= 0.6 is 11.6 Å². The average Bonchev–Trinajstić information content (AvgIpc) is 2.38. The zero-order valence-corrected chi connectivity index (χ0v) is 11.4. The Labute approximate surface area is 121 Å². The van der Waals surface area contributed by atoms with Crippen molar-refractivity contribution in [2.45, 2.75) is 0 Å².